The molecule has 0 N–H and O–H groups in total. The number of carbonyl (C=O) groups is 1. The normalized spacial score (nSPS) is 24.3. The SMILES string of the molecule is CC(=O)N1CC2(C[C@H](Oc3ncccc3F)CS2)C1. The molecule has 2 aliphatic rings. The number of pyridine rings is 1. The van der Waals surface area contributed by atoms with Crippen LogP contribution in [0.4, 0.5) is 4.39 Å². The number of halogens is 1. The Morgan fingerprint density at radius 2 is 2.42 bits per heavy atom. The maximum atomic E-state index is 13.5. The third-order valence-corrected chi connectivity index (χ3v) is 5.16. The van der Waals surface area contributed by atoms with Gasteiger partial charge in [-0.1, -0.05) is 0 Å². The van der Waals surface area contributed by atoms with Gasteiger partial charge < -0.3 is 9.64 Å². The summed E-state index contributed by atoms with van der Waals surface area (Å²) >= 11 is 1.82. The summed E-state index contributed by atoms with van der Waals surface area (Å²) in [5.41, 5.74) is 0. The molecule has 3 heterocycles. The van der Waals surface area contributed by atoms with Gasteiger partial charge in [0.25, 0.3) is 5.88 Å². The molecule has 1 spiro atoms. The van der Waals surface area contributed by atoms with Crippen LogP contribution in [-0.2, 0) is 4.79 Å². The fourth-order valence-electron chi connectivity index (χ4n) is 2.59. The van der Waals surface area contributed by atoms with Crippen molar-refractivity contribution in [2.45, 2.75) is 24.2 Å². The zero-order valence-electron chi connectivity index (χ0n) is 10.6. The topological polar surface area (TPSA) is 42.4 Å². The molecule has 0 saturated carbocycles. The number of carbonyl (C=O) groups excluding carboxylic acids is 1. The van der Waals surface area contributed by atoms with Gasteiger partial charge in [0.05, 0.1) is 4.75 Å². The molecule has 1 amide bonds. The number of thioether (sulfide) groups is 1. The second-order valence-corrected chi connectivity index (χ2v) is 6.59. The van der Waals surface area contributed by atoms with Gasteiger partial charge in [-0.3, -0.25) is 4.79 Å². The third-order valence-electron chi connectivity index (χ3n) is 3.58. The molecule has 19 heavy (non-hydrogen) atoms. The molecule has 6 heteroatoms. The molecule has 1 aromatic heterocycles. The van der Waals surface area contributed by atoms with Crippen LogP contribution in [0.5, 0.6) is 5.88 Å². The van der Waals surface area contributed by atoms with Gasteiger partial charge in [-0.15, -0.1) is 11.8 Å². The first-order valence-electron chi connectivity index (χ1n) is 6.25. The Bertz CT molecular complexity index is 505. The third kappa shape index (κ3) is 2.41. The van der Waals surface area contributed by atoms with Crippen molar-refractivity contribution in [2.75, 3.05) is 18.8 Å². The summed E-state index contributed by atoms with van der Waals surface area (Å²) in [5.74, 6) is 0.591. The van der Waals surface area contributed by atoms with Crippen molar-refractivity contribution in [1.29, 1.82) is 0 Å². The molecule has 2 saturated heterocycles. The van der Waals surface area contributed by atoms with Crippen molar-refractivity contribution in [2.24, 2.45) is 0 Å². The Morgan fingerprint density at radius 3 is 3.11 bits per heavy atom. The average molecular weight is 282 g/mol. The molecular weight excluding hydrogens is 267 g/mol. The minimum absolute atomic E-state index is 0.0245. The minimum Gasteiger partial charge on any atom is -0.471 e. The van der Waals surface area contributed by atoms with Crippen LogP contribution in [-0.4, -0.2) is 45.5 Å². The number of amides is 1. The van der Waals surface area contributed by atoms with Crippen LogP contribution in [0.2, 0.25) is 0 Å². The number of likely N-dealkylation sites (tertiary alicyclic amines) is 1. The second kappa shape index (κ2) is 4.67. The van der Waals surface area contributed by atoms with Crippen molar-refractivity contribution in [3.8, 4) is 5.88 Å². The first-order valence-corrected chi connectivity index (χ1v) is 7.23. The van der Waals surface area contributed by atoms with Crippen LogP contribution in [0, 0.1) is 5.82 Å². The fourth-order valence-corrected chi connectivity index (χ4v) is 4.11. The van der Waals surface area contributed by atoms with Crippen molar-refractivity contribution >= 4 is 17.7 Å². The van der Waals surface area contributed by atoms with E-state index in [9.17, 15) is 9.18 Å². The summed E-state index contributed by atoms with van der Waals surface area (Å²) in [6.07, 6.45) is 2.35. The van der Waals surface area contributed by atoms with Crippen LogP contribution < -0.4 is 4.74 Å². The van der Waals surface area contributed by atoms with E-state index in [0.29, 0.717) is 0 Å². The van der Waals surface area contributed by atoms with E-state index in [2.05, 4.69) is 4.98 Å². The number of rotatable bonds is 2. The number of nitrogens with zero attached hydrogens (tertiary/aromatic N) is 2. The molecule has 0 bridgehead atoms. The maximum absolute atomic E-state index is 13.5. The summed E-state index contributed by atoms with van der Waals surface area (Å²) in [6.45, 7) is 3.14. The molecule has 0 radical (unpaired) electrons. The smallest absolute Gasteiger partial charge is 0.250 e. The number of hydrogen-bond donors (Lipinski definition) is 0. The predicted octanol–water partition coefficient (Wildman–Crippen LogP) is 1.71. The Labute approximate surface area is 115 Å². The summed E-state index contributed by atoms with van der Waals surface area (Å²) in [7, 11) is 0. The molecule has 0 aliphatic carbocycles. The Hall–Kier alpha value is -1.30. The molecule has 102 valence electrons. The van der Waals surface area contributed by atoms with Crippen LogP contribution in [0.15, 0.2) is 18.3 Å². The minimum atomic E-state index is -0.424. The van der Waals surface area contributed by atoms with Crippen LogP contribution in [0.1, 0.15) is 13.3 Å². The standard InChI is InChI=1S/C13H15FN2O2S/c1-9(17)16-7-13(8-16)5-10(6-19-13)18-12-11(14)3-2-4-15-12/h2-4,10H,5-8H2,1H3/t10-/m0/s1. The Morgan fingerprint density at radius 1 is 1.63 bits per heavy atom. The van der Waals surface area contributed by atoms with E-state index in [1.165, 1.54) is 12.3 Å². The van der Waals surface area contributed by atoms with E-state index >= 15 is 0 Å². The second-order valence-electron chi connectivity index (χ2n) is 5.10. The van der Waals surface area contributed by atoms with E-state index < -0.39 is 5.82 Å². The first kappa shape index (κ1) is 12.7. The zero-order chi connectivity index (χ0) is 13.5. The molecule has 4 nitrogen and oxygen atoms in total. The van der Waals surface area contributed by atoms with Gasteiger partial charge in [0.2, 0.25) is 5.91 Å². The van der Waals surface area contributed by atoms with Crippen molar-refractivity contribution in [3.05, 3.63) is 24.1 Å². The monoisotopic (exact) mass is 282 g/mol. The first-order chi connectivity index (χ1) is 9.08. The van der Waals surface area contributed by atoms with E-state index in [0.717, 1.165) is 25.3 Å². The van der Waals surface area contributed by atoms with E-state index in [1.54, 1.807) is 13.0 Å². The van der Waals surface area contributed by atoms with Crippen LogP contribution in [0.3, 0.4) is 0 Å². The quantitative estimate of drug-likeness (QED) is 0.828. The average Bonchev–Trinajstić information content (AvgIpc) is 2.74. The number of ether oxygens (including phenoxy) is 1. The highest BCUT2D eigenvalue weighted by Gasteiger charge is 2.50. The molecule has 0 unspecified atom stereocenters. The van der Waals surface area contributed by atoms with Crippen molar-refractivity contribution < 1.29 is 13.9 Å². The molecule has 1 aromatic rings. The van der Waals surface area contributed by atoms with Gasteiger partial charge >= 0.3 is 0 Å². The van der Waals surface area contributed by atoms with Gasteiger partial charge in [0.15, 0.2) is 5.82 Å². The van der Waals surface area contributed by atoms with Crippen molar-refractivity contribution in [1.82, 2.24) is 9.88 Å². The Balaban J connectivity index is 1.59. The molecule has 0 aromatic carbocycles. The lowest BCUT2D eigenvalue weighted by Gasteiger charge is -2.47. The van der Waals surface area contributed by atoms with E-state index in [1.807, 2.05) is 16.7 Å². The zero-order valence-corrected chi connectivity index (χ0v) is 11.5. The van der Waals surface area contributed by atoms with Crippen LogP contribution in [0.25, 0.3) is 0 Å². The summed E-state index contributed by atoms with van der Waals surface area (Å²) in [4.78, 5) is 16.9. The number of hydrogen-bond acceptors (Lipinski definition) is 4. The molecule has 1 atom stereocenters. The molecule has 2 fully saturated rings. The summed E-state index contributed by atoms with van der Waals surface area (Å²) in [5, 5.41) is 0. The fraction of sp³-hybridized carbons (Fsp3) is 0.538. The summed E-state index contributed by atoms with van der Waals surface area (Å²) in [6, 6.07) is 2.89. The Kier molecular flexibility index (Phi) is 3.12. The number of aromatic nitrogens is 1. The van der Waals surface area contributed by atoms with Gasteiger partial charge in [-0.05, 0) is 12.1 Å². The lowest BCUT2D eigenvalue weighted by molar-refractivity contribution is -0.134. The van der Waals surface area contributed by atoms with Crippen LogP contribution >= 0.6 is 11.8 Å². The lowest BCUT2D eigenvalue weighted by Crippen LogP contribution is -2.60. The highest BCUT2D eigenvalue weighted by atomic mass is 32.2. The largest absolute Gasteiger partial charge is 0.471 e. The highest BCUT2D eigenvalue weighted by Crippen LogP contribution is 2.46. The van der Waals surface area contributed by atoms with Gasteiger partial charge in [-0.2, -0.15) is 0 Å². The van der Waals surface area contributed by atoms with Gasteiger partial charge in [-0.25, -0.2) is 9.37 Å². The van der Waals surface area contributed by atoms with E-state index in [4.69, 9.17) is 4.74 Å². The van der Waals surface area contributed by atoms with E-state index in [-0.39, 0.29) is 22.6 Å². The van der Waals surface area contributed by atoms with Crippen molar-refractivity contribution in [3.63, 3.8) is 0 Å². The molecular formula is C13H15FN2O2S. The predicted molar refractivity (Wildman–Crippen MR) is 70.7 cm³/mol. The van der Waals surface area contributed by atoms with Gasteiger partial charge in [0, 0.05) is 38.4 Å². The maximum Gasteiger partial charge on any atom is 0.250 e. The summed E-state index contributed by atoms with van der Waals surface area (Å²) < 4.78 is 19.2. The molecule has 2 aliphatic heterocycles. The van der Waals surface area contributed by atoms with Gasteiger partial charge in [0.1, 0.15) is 6.10 Å². The lowest BCUT2D eigenvalue weighted by atomic mass is 9.93. The highest BCUT2D eigenvalue weighted by molar-refractivity contribution is 8.01. The molecule has 3 rings (SSSR count).